The second-order valence-corrected chi connectivity index (χ2v) is 10.7. The van der Waals surface area contributed by atoms with Gasteiger partial charge in [-0.3, -0.25) is 14.5 Å². The summed E-state index contributed by atoms with van der Waals surface area (Å²) in [4.78, 5) is 40.3. The number of Topliss-reactive ketones (excluding diaryl/α,β-unsaturated/α-hetero) is 2. The van der Waals surface area contributed by atoms with Gasteiger partial charge in [-0.15, -0.1) is 0 Å². The van der Waals surface area contributed by atoms with Crippen LogP contribution in [0.3, 0.4) is 0 Å². The Hall–Kier alpha value is -4.58. The van der Waals surface area contributed by atoms with Crippen LogP contribution in [0, 0.1) is 0 Å². The number of anilines is 3. The fourth-order valence-electron chi connectivity index (χ4n) is 5.58. The maximum atomic E-state index is 13.4. The van der Waals surface area contributed by atoms with Crippen LogP contribution < -0.4 is 9.80 Å². The van der Waals surface area contributed by atoms with Gasteiger partial charge in [0.2, 0.25) is 0 Å². The molecule has 2 heterocycles. The number of fused-ring (bicyclic) bond motifs is 3. The van der Waals surface area contributed by atoms with Crippen molar-refractivity contribution in [1.29, 1.82) is 0 Å². The van der Waals surface area contributed by atoms with E-state index in [9.17, 15) is 9.59 Å². The molecule has 0 unspecified atom stereocenters. The molecule has 6 nitrogen and oxygen atoms in total. The minimum Gasteiger partial charge on any atom is -0.312 e. The highest BCUT2D eigenvalue weighted by atomic mass is 16.2. The molecule has 6 rings (SSSR count). The van der Waals surface area contributed by atoms with E-state index in [4.69, 9.17) is 4.98 Å². The van der Waals surface area contributed by atoms with Gasteiger partial charge in [-0.2, -0.15) is 0 Å². The standard InChI is InChI=1S/C33H30N4O2/c1-19(2)23-11-8-12-24(20(3)4)29(23)37-28(36(5)32-33(37)35-16-15-34-32)14-13-25-30(38)26-17-21-9-6-7-10-22(21)18-27(26)31(25)39/h6-20H,1-5H3/b28-14+. The zero-order valence-electron chi connectivity index (χ0n) is 22.8. The van der Waals surface area contributed by atoms with E-state index in [1.807, 2.05) is 54.4 Å². The highest BCUT2D eigenvalue weighted by Crippen LogP contribution is 2.47. The van der Waals surface area contributed by atoms with Crippen molar-refractivity contribution in [2.24, 2.45) is 0 Å². The number of benzene rings is 3. The summed E-state index contributed by atoms with van der Waals surface area (Å²) in [6.45, 7) is 8.73. The average Bonchev–Trinajstić information content (AvgIpc) is 3.34. The molecule has 0 N–H and O–H groups in total. The third kappa shape index (κ3) is 3.86. The average molecular weight is 515 g/mol. The molecule has 6 heteroatoms. The Bertz CT molecular complexity index is 1650. The van der Waals surface area contributed by atoms with Gasteiger partial charge in [-0.05, 0) is 58.0 Å². The summed E-state index contributed by atoms with van der Waals surface area (Å²) in [6.07, 6.45) is 6.88. The Kier molecular flexibility index (Phi) is 5.91. The number of nitrogens with zero attached hydrogens (tertiary/aromatic N) is 4. The first kappa shape index (κ1) is 24.7. The lowest BCUT2D eigenvalue weighted by Crippen LogP contribution is -2.24. The number of carbonyl (C=O) groups excluding carboxylic acids is 2. The molecule has 194 valence electrons. The molecule has 0 atom stereocenters. The normalized spacial score (nSPS) is 15.8. The van der Waals surface area contributed by atoms with E-state index in [0.717, 1.165) is 28.1 Å². The van der Waals surface area contributed by atoms with Crippen LogP contribution in [0.4, 0.5) is 17.3 Å². The van der Waals surface area contributed by atoms with Gasteiger partial charge in [0.15, 0.2) is 23.2 Å². The zero-order chi connectivity index (χ0) is 27.4. The molecule has 0 saturated carbocycles. The fraction of sp³-hybridized carbons (Fsp3) is 0.212. The van der Waals surface area contributed by atoms with Gasteiger partial charge in [-0.25, -0.2) is 9.97 Å². The first-order valence-corrected chi connectivity index (χ1v) is 13.3. The van der Waals surface area contributed by atoms with E-state index >= 15 is 0 Å². The monoisotopic (exact) mass is 514 g/mol. The highest BCUT2D eigenvalue weighted by molar-refractivity contribution is 6.40. The molecule has 1 aliphatic carbocycles. The number of allylic oxidation sites excluding steroid dienone is 3. The lowest BCUT2D eigenvalue weighted by molar-refractivity contribution is 0.0989. The van der Waals surface area contributed by atoms with Crippen molar-refractivity contribution in [1.82, 2.24) is 9.97 Å². The Morgan fingerprint density at radius 3 is 1.79 bits per heavy atom. The van der Waals surface area contributed by atoms with Crippen LogP contribution in [0.2, 0.25) is 0 Å². The summed E-state index contributed by atoms with van der Waals surface area (Å²) in [7, 11) is 1.94. The number of para-hydroxylation sites is 1. The van der Waals surface area contributed by atoms with Crippen LogP contribution in [-0.4, -0.2) is 28.6 Å². The molecule has 0 fully saturated rings. The summed E-state index contributed by atoms with van der Waals surface area (Å²) < 4.78 is 0. The number of ketones is 2. The molecule has 2 aliphatic rings. The van der Waals surface area contributed by atoms with Crippen molar-refractivity contribution in [2.75, 3.05) is 16.8 Å². The van der Waals surface area contributed by atoms with E-state index in [2.05, 4.69) is 55.8 Å². The molecule has 0 bridgehead atoms. The van der Waals surface area contributed by atoms with Gasteiger partial charge in [0.05, 0.1) is 11.3 Å². The Balaban J connectivity index is 1.52. The van der Waals surface area contributed by atoms with Gasteiger partial charge in [0.25, 0.3) is 0 Å². The number of carbonyl (C=O) groups is 2. The molecular formula is C33H30N4O2. The van der Waals surface area contributed by atoms with Gasteiger partial charge in [-0.1, -0.05) is 70.2 Å². The number of hydrogen-bond donors (Lipinski definition) is 0. The van der Waals surface area contributed by atoms with Crippen LogP contribution >= 0.6 is 0 Å². The van der Waals surface area contributed by atoms with Gasteiger partial charge in [0, 0.05) is 30.6 Å². The largest absolute Gasteiger partial charge is 0.312 e. The SMILES string of the molecule is CC(C)c1cccc(C(C)C)c1N1/C(=C/C=C2C(=O)c3cc4ccccc4cc3C2=O)N(C)c2nccnc21. The van der Waals surface area contributed by atoms with E-state index in [1.54, 1.807) is 18.5 Å². The van der Waals surface area contributed by atoms with Gasteiger partial charge in [0.1, 0.15) is 5.82 Å². The minimum absolute atomic E-state index is 0.166. The summed E-state index contributed by atoms with van der Waals surface area (Å²) in [5.74, 6) is 2.26. The van der Waals surface area contributed by atoms with Crippen molar-refractivity contribution >= 4 is 39.7 Å². The Morgan fingerprint density at radius 2 is 1.26 bits per heavy atom. The van der Waals surface area contributed by atoms with Crippen molar-refractivity contribution in [2.45, 2.75) is 39.5 Å². The van der Waals surface area contributed by atoms with Crippen LogP contribution in [0.1, 0.15) is 71.4 Å². The third-order valence-corrected chi connectivity index (χ3v) is 7.59. The van der Waals surface area contributed by atoms with Gasteiger partial charge >= 0.3 is 0 Å². The summed E-state index contributed by atoms with van der Waals surface area (Å²) in [5, 5.41) is 1.88. The van der Waals surface area contributed by atoms with Crippen LogP contribution in [-0.2, 0) is 0 Å². The molecular weight excluding hydrogens is 484 g/mol. The number of hydrogen-bond acceptors (Lipinski definition) is 6. The second kappa shape index (κ2) is 9.31. The van der Waals surface area contributed by atoms with Crippen LogP contribution in [0.5, 0.6) is 0 Å². The fourth-order valence-corrected chi connectivity index (χ4v) is 5.58. The maximum absolute atomic E-state index is 13.4. The predicted molar refractivity (Wildman–Crippen MR) is 156 cm³/mol. The molecule has 0 amide bonds. The van der Waals surface area contributed by atoms with Crippen molar-refractivity contribution in [3.63, 3.8) is 0 Å². The smallest absolute Gasteiger partial charge is 0.197 e. The molecule has 3 aromatic carbocycles. The molecule has 39 heavy (non-hydrogen) atoms. The van der Waals surface area contributed by atoms with E-state index < -0.39 is 0 Å². The number of aromatic nitrogens is 2. The lowest BCUT2D eigenvalue weighted by Gasteiger charge is -2.29. The van der Waals surface area contributed by atoms with Crippen molar-refractivity contribution < 1.29 is 9.59 Å². The maximum Gasteiger partial charge on any atom is 0.197 e. The van der Waals surface area contributed by atoms with Crippen molar-refractivity contribution in [3.05, 3.63) is 113 Å². The lowest BCUT2D eigenvalue weighted by atomic mass is 9.92. The van der Waals surface area contributed by atoms with Crippen LogP contribution in [0.15, 0.2) is 90.5 Å². The van der Waals surface area contributed by atoms with E-state index in [1.165, 1.54) is 11.1 Å². The topological polar surface area (TPSA) is 66.4 Å². The summed E-state index contributed by atoms with van der Waals surface area (Å²) >= 11 is 0. The quantitative estimate of drug-likeness (QED) is 0.210. The first-order valence-electron chi connectivity index (χ1n) is 13.3. The second-order valence-electron chi connectivity index (χ2n) is 10.7. The van der Waals surface area contributed by atoms with E-state index in [-0.39, 0.29) is 29.0 Å². The molecule has 1 aliphatic heterocycles. The predicted octanol–water partition coefficient (Wildman–Crippen LogP) is 7.31. The van der Waals surface area contributed by atoms with Gasteiger partial charge < -0.3 is 4.90 Å². The minimum atomic E-state index is -0.246. The van der Waals surface area contributed by atoms with Crippen LogP contribution in [0.25, 0.3) is 10.8 Å². The molecule has 4 aromatic rings. The third-order valence-electron chi connectivity index (χ3n) is 7.59. The highest BCUT2D eigenvalue weighted by Gasteiger charge is 2.37. The first-order chi connectivity index (χ1) is 18.8. The summed E-state index contributed by atoms with van der Waals surface area (Å²) in [5.41, 5.74) is 4.53. The molecule has 0 saturated heterocycles. The number of rotatable bonds is 4. The molecule has 0 radical (unpaired) electrons. The summed E-state index contributed by atoms with van der Waals surface area (Å²) in [6, 6.07) is 17.8. The zero-order valence-corrected chi connectivity index (χ0v) is 22.8. The molecule has 1 aromatic heterocycles. The molecule has 0 spiro atoms. The Labute approximate surface area is 228 Å². The van der Waals surface area contributed by atoms with Crippen molar-refractivity contribution in [3.8, 4) is 0 Å². The Morgan fingerprint density at radius 1 is 0.718 bits per heavy atom. The van der Waals surface area contributed by atoms with E-state index in [0.29, 0.717) is 16.9 Å².